The Morgan fingerprint density at radius 1 is 1.17 bits per heavy atom. The standard InChI is InChI=1S/C19H22N2O2/c1-19(2,3)15-8-6-14(7-9-15)18(22)21-12-17(13-21)23-16-5-4-10-20-11-16/h4-11,17H,12-13H2,1-3H3. The fourth-order valence-electron chi connectivity index (χ4n) is 2.58. The van der Waals surface area contributed by atoms with Crippen LogP contribution in [-0.4, -0.2) is 35.0 Å². The SMILES string of the molecule is CC(C)(C)c1ccc(C(=O)N2CC(Oc3cccnc3)C2)cc1. The number of carbonyl (C=O) groups excluding carboxylic acids is 1. The summed E-state index contributed by atoms with van der Waals surface area (Å²) in [5, 5.41) is 0. The highest BCUT2D eigenvalue weighted by molar-refractivity contribution is 5.94. The summed E-state index contributed by atoms with van der Waals surface area (Å²) < 4.78 is 5.77. The molecule has 0 bridgehead atoms. The molecule has 3 rings (SSSR count). The summed E-state index contributed by atoms with van der Waals surface area (Å²) in [5.41, 5.74) is 2.06. The van der Waals surface area contributed by atoms with E-state index >= 15 is 0 Å². The number of hydrogen-bond donors (Lipinski definition) is 0. The molecule has 2 heterocycles. The van der Waals surface area contributed by atoms with Gasteiger partial charge in [0, 0.05) is 11.8 Å². The maximum absolute atomic E-state index is 12.4. The van der Waals surface area contributed by atoms with Crippen molar-refractivity contribution in [3.8, 4) is 5.75 Å². The first-order valence-corrected chi connectivity index (χ1v) is 7.90. The molecular weight excluding hydrogens is 288 g/mol. The van der Waals surface area contributed by atoms with Crippen LogP contribution < -0.4 is 4.74 Å². The first-order valence-electron chi connectivity index (χ1n) is 7.90. The van der Waals surface area contributed by atoms with E-state index < -0.39 is 0 Å². The second-order valence-electron chi connectivity index (χ2n) is 6.97. The first-order chi connectivity index (χ1) is 10.9. The predicted molar refractivity (Wildman–Crippen MR) is 89.7 cm³/mol. The summed E-state index contributed by atoms with van der Waals surface area (Å²) in [4.78, 5) is 18.3. The maximum atomic E-state index is 12.4. The molecule has 1 aromatic carbocycles. The minimum atomic E-state index is 0.0528. The van der Waals surface area contributed by atoms with Crippen molar-refractivity contribution in [2.75, 3.05) is 13.1 Å². The molecule has 0 aliphatic carbocycles. The Kier molecular flexibility index (Phi) is 4.07. The zero-order chi connectivity index (χ0) is 16.4. The molecule has 0 radical (unpaired) electrons. The van der Waals surface area contributed by atoms with Gasteiger partial charge in [0.15, 0.2) is 0 Å². The molecule has 120 valence electrons. The second kappa shape index (κ2) is 6.03. The number of benzene rings is 1. The molecule has 1 fully saturated rings. The van der Waals surface area contributed by atoms with Crippen molar-refractivity contribution in [2.24, 2.45) is 0 Å². The first kappa shape index (κ1) is 15.5. The molecule has 2 aromatic rings. The average molecular weight is 310 g/mol. The van der Waals surface area contributed by atoms with Crippen LogP contribution in [0.5, 0.6) is 5.75 Å². The van der Waals surface area contributed by atoms with E-state index in [1.165, 1.54) is 5.56 Å². The molecule has 1 aliphatic rings. The number of nitrogens with zero attached hydrogens (tertiary/aromatic N) is 2. The van der Waals surface area contributed by atoms with Crippen molar-refractivity contribution in [1.82, 2.24) is 9.88 Å². The van der Waals surface area contributed by atoms with Crippen molar-refractivity contribution in [1.29, 1.82) is 0 Å². The van der Waals surface area contributed by atoms with Crippen LogP contribution in [0.4, 0.5) is 0 Å². The Hall–Kier alpha value is -2.36. The van der Waals surface area contributed by atoms with Gasteiger partial charge in [0.1, 0.15) is 11.9 Å². The Balaban J connectivity index is 1.56. The van der Waals surface area contributed by atoms with Crippen molar-refractivity contribution >= 4 is 5.91 Å². The zero-order valence-corrected chi connectivity index (χ0v) is 13.8. The maximum Gasteiger partial charge on any atom is 0.254 e. The van der Waals surface area contributed by atoms with Crippen molar-refractivity contribution in [3.05, 3.63) is 59.9 Å². The molecule has 0 saturated carbocycles. The fourth-order valence-corrected chi connectivity index (χ4v) is 2.58. The van der Waals surface area contributed by atoms with E-state index in [1.54, 1.807) is 12.4 Å². The smallest absolute Gasteiger partial charge is 0.254 e. The largest absolute Gasteiger partial charge is 0.485 e. The van der Waals surface area contributed by atoms with E-state index in [1.807, 2.05) is 41.3 Å². The van der Waals surface area contributed by atoms with Gasteiger partial charge in [-0.2, -0.15) is 0 Å². The topological polar surface area (TPSA) is 42.4 Å². The highest BCUT2D eigenvalue weighted by atomic mass is 16.5. The third-order valence-electron chi connectivity index (χ3n) is 4.07. The van der Waals surface area contributed by atoms with Gasteiger partial charge in [0.2, 0.25) is 0 Å². The number of amides is 1. The van der Waals surface area contributed by atoms with Crippen LogP contribution in [0.2, 0.25) is 0 Å². The summed E-state index contributed by atoms with van der Waals surface area (Å²) in [6.07, 6.45) is 3.46. The third-order valence-corrected chi connectivity index (χ3v) is 4.07. The molecule has 1 amide bonds. The average Bonchev–Trinajstić information content (AvgIpc) is 2.50. The molecule has 0 spiro atoms. The van der Waals surface area contributed by atoms with Crippen molar-refractivity contribution in [3.63, 3.8) is 0 Å². The number of pyridine rings is 1. The van der Waals surface area contributed by atoms with E-state index in [0.717, 1.165) is 11.3 Å². The van der Waals surface area contributed by atoms with E-state index in [-0.39, 0.29) is 17.4 Å². The minimum Gasteiger partial charge on any atom is -0.485 e. The molecule has 0 unspecified atom stereocenters. The van der Waals surface area contributed by atoms with Gasteiger partial charge in [-0.1, -0.05) is 32.9 Å². The van der Waals surface area contributed by atoms with Gasteiger partial charge in [-0.15, -0.1) is 0 Å². The fraction of sp³-hybridized carbons (Fsp3) is 0.368. The van der Waals surface area contributed by atoms with Gasteiger partial charge < -0.3 is 9.64 Å². The zero-order valence-electron chi connectivity index (χ0n) is 13.8. The lowest BCUT2D eigenvalue weighted by Crippen LogP contribution is -2.56. The lowest BCUT2D eigenvalue weighted by Gasteiger charge is -2.39. The number of ether oxygens (including phenoxy) is 1. The highest BCUT2D eigenvalue weighted by Crippen LogP contribution is 2.24. The summed E-state index contributed by atoms with van der Waals surface area (Å²) in [6.45, 7) is 7.74. The summed E-state index contributed by atoms with van der Waals surface area (Å²) in [6, 6.07) is 11.6. The van der Waals surface area contributed by atoms with Crippen LogP contribution in [0.1, 0.15) is 36.7 Å². The summed E-state index contributed by atoms with van der Waals surface area (Å²) >= 11 is 0. The Morgan fingerprint density at radius 2 is 1.87 bits per heavy atom. The molecule has 0 atom stereocenters. The monoisotopic (exact) mass is 310 g/mol. The van der Waals surface area contributed by atoms with Crippen LogP contribution in [0.25, 0.3) is 0 Å². The number of aromatic nitrogens is 1. The van der Waals surface area contributed by atoms with Gasteiger partial charge in [0.05, 0.1) is 19.3 Å². The Bertz CT molecular complexity index is 669. The van der Waals surface area contributed by atoms with Gasteiger partial charge in [-0.25, -0.2) is 0 Å². The molecule has 4 nitrogen and oxygen atoms in total. The Labute approximate surface area is 137 Å². The summed E-state index contributed by atoms with van der Waals surface area (Å²) in [7, 11) is 0. The molecule has 1 aromatic heterocycles. The van der Waals surface area contributed by atoms with Crippen molar-refractivity contribution in [2.45, 2.75) is 32.3 Å². The molecule has 4 heteroatoms. The molecule has 1 saturated heterocycles. The lowest BCUT2D eigenvalue weighted by molar-refractivity contribution is 0.0176. The molecule has 1 aliphatic heterocycles. The molecular formula is C19H22N2O2. The second-order valence-corrected chi connectivity index (χ2v) is 6.97. The van der Waals surface area contributed by atoms with E-state index in [2.05, 4.69) is 25.8 Å². The van der Waals surface area contributed by atoms with Crippen LogP contribution >= 0.6 is 0 Å². The number of hydrogen-bond acceptors (Lipinski definition) is 3. The Morgan fingerprint density at radius 3 is 2.43 bits per heavy atom. The van der Waals surface area contributed by atoms with E-state index in [9.17, 15) is 4.79 Å². The van der Waals surface area contributed by atoms with Crippen molar-refractivity contribution < 1.29 is 9.53 Å². The van der Waals surface area contributed by atoms with Gasteiger partial charge >= 0.3 is 0 Å². The third kappa shape index (κ3) is 3.52. The minimum absolute atomic E-state index is 0.0528. The van der Waals surface area contributed by atoms with Gasteiger partial charge in [-0.05, 0) is 35.2 Å². The van der Waals surface area contributed by atoms with Gasteiger partial charge in [0.25, 0.3) is 5.91 Å². The van der Waals surface area contributed by atoms with Crippen LogP contribution in [-0.2, 0) is 5.41 Å². The highest BCUT2D eigenvalue weighted by Gasteiger charge is 2.32. The van der Waals surface area contributed by atoms with Crippen LogP contribution in [0.3, 0.4) is 0 Å². The lowest BCUT2D eigenvalue weighted by atomic mass is 9.86. The normalized spacial score (nSPS) is 15.2. The van der Waals surface area contributed by atoms with Gasteiger partial charge in [-0.3, -0.25) is 9.78 Å². The number of rotatable bonds is 3. The summed E-state index contributed by atoms with van der Waals surface area (Å²) in [5.74, 6) is 0.815. The van der Waals surface area contributed by atoms with Crippen LogP contribution in [0.15, 0.2) is 48.8 Å². The molecule has 23 heavy (non-hydrogen) atoms. The van der Waals surface area contributed by atoms with Crippen LogP contribution in [0, 0.1) is 0 Å². The number of carbonyl (C=O) groups is 1. The molecule has 0 N–H and O–H groups in total. The van der Waals surface area contributed by atoms with E-state index in [4.69, 9.17) is 4.74 Å². The van der Waals surface area contributed by atoms with E-state index in [0.29, 0.717) is 13.1 Å². The number of likely N-dealkylation sites (tertiary alicyclic amines) is 1. The quantitative estimate of drug-likeness (QED) is 0.873. The predicted octanol–water partition coefficient (Wildman–Crippen LogP) is 3.28.